The van der Waals surface area contributed by atoms with Crippen LogP contribution in [0, 0.1) is 18.8 Å². The van der Waals surface area contributed by atoms with Gasteiger partial charge in [-0.1, -0.05) is 26.2 Å². The summed E-state index contributed by atoms with van der Waals surface area (Å²) in [6.07, 6.45) is 4.13. The van der Waals surface area contributed by atoms with Crippen LogP contribution in [0.2, 0.25) is 0 Å². The molecule has 8 heavy (non-hydrogen) atoms. The monoisotopic (exact) mass is 104 g/mol. The van der Waals surface area contributed by atoms with E-state index in [2.05, 4.69) is 13.8 Å². The summed E-state index contributed by atoms with van der Waals surface area (Å²) < 4.78 is 0. The van der Waals surface area contributed by atoms with Crippen LogP contribution in [0.1, 0.15) is 26.2 Å². The van der Waals surface area contributed by atoms with Gasteiger partial charge in [0.15, 0.2) is 0 Å². The van der Waals surface area contributed by atoms with Gasteiger partial charge in [-0.05, 0) is 5.92 Å². The SMILES string of the molecule is [CH2-]C1CCC(C)C1.[Li+]. The first-order valence-corrected chi connectivity index (χ1v) is 3.12. The van der Waals surface area contributed by atoms with Crippen LogP contribution < -0.4 is 18.9 Å². The van der Waals surface area contributed by atoms with Crippen LogP contribution in [0.5, 0.6) is 0 Å². The zero-order valence-electron chi connectivity index (χ0n) is 5.98. The second-order valence-corrected chi connectivity index (χ2v) is 2.78. The Morgan fingerprint density at radius 2 is 2.00 bits per heavy atom. The van der Waals surface area contributed by atoms with E-state index in [-0.39, 0.29) is 18.9 Å². The number of rotatable bonds is 0. The minimum Gasteiger partial charge on any atom is -0.340 e. The van der Waals surface area contributed by atoms with Crippen molar-refractivity contribution >= 4 is 0 Å². The summed E-state index contributed by atoms with van der Waals surface area (Å²) in [4.78, 5) is 0. The number of hydrogen-bond acceptors (Lipinski definition) is 0. The van der Waals surface area contributed by atoms with Gasteiger partial charge >= 0.3 is 18.9 Å². The Balaban J connectivity index is 0.000000490. The van der Waals surface area contributed by atoms with Gasteiger partial charge in [0, 0.05) is 0 Å². The zero-order valence-corrected chi connectivity index (χ0v) is 5.98. The molecule has 0 radical (unpaired) electrons. The second kappa shape index (κ2) is 3.59. The molecule has 2 atom stereocenters. The summed E-state index contributed by atoms with van der Waals surface area (Å²) in [5.41, 5.74) is 0. The van der Waals surface area contributed by atoms with E-state index in [1.54, 1.807) is 0 Å². The third-order valence-electron chi connectivity index (χ3n) is 1.80. The molecule has 0 spiro atoms. The second-order valence-electron chi connectivity index (χ2n) is 2.78. The summed E-state index contributed by atoms with van der Waals surface area (Å²) in [6.45, 7) is 6.30. The van der Waals surface area contributed by atoms with Crippen molar-refractivity contribution in [2.75, 3.05) is 0 Å². The summed E-state index contributed by atoms with van der Waals surface area (Å²) >= 11 is 0. The topological polar surface area (TPSA) is 0 Å². The van der Waals surface area contributed by atoms with Gasteiger partial charge < -0.3 is 6.92 Å². The van der Waals surface area contributed by atoms with Gasteiger partial charge in [-0.2, -0.15) is 5.92 Å². The van der Waals surface area contributed by atoms with Crippen LogP contribution in [0.3, 0.4) is 0 Å². The molecule has 0 nitrogen and oxygen atoms in total. The molecular formula is C7H13Li. The van der Waals surface area contributed by atoms with Crippen LogP contribution >= 0.6 is 0 Å². The van der Waals surface area contributed by atoms with Crippen LogP contribution in [0.15, 0.2) is 0 Å². The molecule has 1 rings (SSSR count). The van der Waals surface area contributed by atoms with E-state index in [0.29, 0.717) is 0 Å². The Hall–Kier alpha value is 0.597. The standard InChI is InChI=1S/C7H13.Li/c1-6-3-4-7(2)5-6;/h6-7H,1,3-5H2,2H3;/q-1;+1. The molecule has 0 N–H and O–H groups in total. The average molecular weight is 104 g/mol. The van der Waals surface area contributed by atoms with Crippen molar-refractivity contribution in [3.05, 3.63) is 6.92 Å². The van der Waals surface area contributed by atoms with Gasteiger partial charge in [-0.25, -0.2) is 0 Å². The van der Waals surface area contributed by atoms with Crippen molar-refractivity contribution in [3.8, 4) is 0 Å². The van der Waals surface area contributed by atoms with Crippen LogP contribution in [-0.4, -0.2) is 0 Å². The Kier molecular flexibility index (Phi) is 3.86. The smallest absolute Gasteiger partial charge is 0.340 e. The van der Waals surface area contributed by atoms with Crippen molar-refractivity contribution in [2.24, 2.45) is 11.8 Å². The van der Waals surface area contributed by atoms with E-state index < -0.39 is 0 Å². The van der Waals surface area contributed by atoms with Gasteiger partial charge in [0.2, 0.25) is 0 Å². The predicted molar refractivity (Wildman–Crippen MR) is 31.9 cm³/mol. The van der Waals surface area contributed by atoms with Gasteiger partial charge in [-0.3, -0.25) is 0 Å². The van der Waals surface area contributed by atoms with E-state index in [1.807, 2.05) is 0 Å². The molecule has 2 unspecified atom stereocenters. The first-order valence-electron chi connectivity index (χ1n) is 3.12. The summed E-state index contributed by atoms with van der Waals surface area (Å²) in [7, 11) is 0. The van der Waals surface area contributed by atoms with Gasteiger partial charge in [0.1, 0.15) is 0 Å². The Morgan fingerprint density at radius 3 is 2.12 bits per heavy atom. The first kappa shape index (κ1) is 8.60. The molecule has 0 aromatic heterocycles. The predicted octanol–water partition coefficient (Wildman–Crippen LogP) is -0.739. The third kappa shape index (κ3) is 2.24. The van der Waals surface area contributed by atoms with Crippen molar-refractivity contribution < 1.29 is 18.9 Å². The zero-order chi connectivity index (χ0) is 5.28. The van der Waals surface area contributed by atoms with Crippen molar-refractivity contribution in [2.45, 2.75) is 26.2 Å². The van der Waals surface area contributed by atoms with Gasteiger partial charge in [0.25, 0.3) is 0 Å². The van der Waals surface area contributed by atoms with Crippen LogP contribution in [-0.2, 0) is 0 Å². The Morgan fingerprint density at radius 1 is 1.38 bits per heavy atom. The largest absolute Gasteiger partial charge is 1.00 e. The van der Waals surface area contributed by atoms with Crippen LogP contribution in [0.4, 0.5) is 0 Å². The summed E-state index contributed by atoms with van der Waals surface area (Å²) in [6, 6.07) is 0. The molecule has 1 heteroatoms. The summed E-state index contributed by atoms with van der Waals surface area (Å²) in [5.74, 6) is 1.73. The quantitative estimate of drug-likeness (QED) is 0.280. The molecule has 1 fully saturated rings. The minimum absolute atomic E-state index is 0. The number of hydrogen-bond donors (Lipinski definition) is 0. The third-order valence-corrected chi connectivity index (χ3v) is 1.80. The van der Waals surface area contributed by atoms with E-state index in [1.165, 1.54) is 19.3 Å². The molecule has 0 aromatic carbocycles. The van der Waals surface area contributed by atoms with Crippen molar-refractivity contribution in [1.29, 1.82) is 0 Å². The molecule has 0 amide bonds. The first-order chi connectivity index (χ1) is 3.29. The molecule has 0 aliphatic heterocycles. The Labute approximate surface area is 64.2 Å². The van der Waals surface area contributed by atoms with E-state index in [4.69, 9.17) is 0 Å². The van der Waals surface area contributed by atoms with Crippen molar-refractivity contribution in [1.82, 2.24) is 0 Å². The van der Waals surface area contributed by atoms with E-state index >= 15 is 0 Å². The maximum Gasteiger partial charge on any atom is 1.00 e. The molecule has 0 saturated heterocycles. The van der Waals surface area contributed by atoms with E-state index in [9.17, 15) is 0 Å². The van der Waals surface area contributed by atoms with Gasteiger partial charge in [0.05, 0.1) is 0 Å². The maximum atomic E-state index is 3.99. The fourth-order valence-electron chi connectivity index (χ4n) is 1.32. The molecule has 42 valence electrons. The average Bonchev–Trinajstić information content (AvgIpc) is 1.87. The molecule has 1 saturated carbocycles. The van der Waals surface area contributed by atoms with Crippen LogP contribution in [0.25, 0.3) is 0 Å². The molecule has 0 bridgehead atoms. The fraction of sp³-hybridized carbons (Fsp3) is 0.857. The molecule has 1 aliphatic rings. The molecule has 0 heterocycles. The summed E-state index contributed by atoms with van der Waals surface area (Å²) in [5, 5.41) is 0. The fourth-order valence-corrected chi connectivity index (χ4v) is 1.32. The Bertz CT molecular complexity index is 53.4. The van der Waals surface area contributed by atoms with E-state index in [0.717, 1.165) is 11.8 Å². The minimum atomic E-state index is 0. The normalized spacial score (nSPS) is 36.8. The molecule has 0 aromatic rings. The molecule has 1 aliphatic carbocycles. The van der Waals surface area contributed by atoms with Gasteiger partial charge in [-0.15, -0.1) is 0 Å². The maximum absolute atomic E-state index is 3.99. The molecular weight excluding hydrogens is 91.0 g/mol. The van der Waals surface area contributed by atoms with Crippen molar-refractivity contribution in [3.63, 3.8) is 0 Å².